The summed E-state index contributed by atoms with van der Waals surface area (Å²) >= 11 is 1.19. The molecule has 2 rings (SSSR count). The second-order valence-electron chi connectivity index (χ2n) is 5.34. The van der Waals surface area contributed by atoms with E-state index in [1.165, 1.54) is 23.6 Å². The number of nitrogens with two attached hydrogens (primary N) is 1. The Morgan fingerprint density at radius 2 is 1.96 bits per heavy atom. The predicted octanol–water partition coefficient (Wildman–Crippen LogP) is 1.63. The molecule has 0 aliphatic rings. The number of carbonyl (C=O) groups excluding carboxylic acids is 3. The fourth-order valence-corrected chi connectivity index (χ4v) is 2.69. The van der Waals surface area contributed by atoms with Gasteiger partial charge in [-0.15, -0.1) is 11.3 Å². The van der Waals surface area contributed by atoms with Crippen molar-refractivity contribution in [1.82, 2.24) is 4.98 Å². The van der Waals surface area contributed by atoms with Crippen LogP contribution >= 0.6 is 11.3 Å². The molecule has 0 aliphatic heterocycles. The lowest BCUT2D eigenvalue weighted by atomic mass is 10.2. The highest BCUT2D eigenvalue weighted by molar-refractivity contribution is 7.13. The number of aromatic nitrogens is 1. The van der Waals surface area contributed by atoms with E-state index in [0.29, 0.717) is 22.5 Å². The van der Waals surface area contributed by atoms with Gasteiger partial charge in [0.05, 0.1) is 12.3 Å². The molecule has 1 aromatic carbocycles. The molecule has 0 saturated heterocycles. The maximum Gasteiger partial charge on any atom is 0.409 e. The number of aldehydes is 1. The van der Waals surface area contributed by atoms with Crippen LogP contribution in [0.15, 0.2) is 39.6 Å². The zero-order valence-corrected chi connectivity index (χ0v) is 15.4. The molecule has 144 valence electrons. The summed E-state index contributed by atoms with van der Waals surface area (Å²) in [6, 6.07) is 6.43. The molecule has 28 heavy (non-hydrogen) atoms. The predicted molar refractivity (Wildman–Crippen MR) is 104 cm³/mol. The molecule has 0 aliphatic carbocycles. The van der Waals surface area contributed by atoms with Crippen molar-refractivity contribution < 1.29 is 24.3 Å². The minimum absolute atomic E-state index is 0.0128. The van der Waals surface area contributed by atoms with Crippen LogP contribution in [-0.2, 0) is 9.59 Å². The number of carbonyl (C=O) groups is 4. The standard InChI is InChI=1S/C17H15N5O5S/c1-9(14(18)24)19-6-12(7-23)20-15(25)13-8-28-16(22-13)10-2-4-11(5-3-10)21-17(26)27/h2-5,7-8,21H,6H2,1H3,(H2,18,24)(H,26,27)/b19-9+,20-12?. The third kappa shape index (κ3) is 5.64. The van der Waals surface area contributed by atoms with Crippen LogP contribution in [0.2, 0.25) is 0 Å². The number of anilines is 1. The molecule has 2 aromatic rings. The molecule has 3 amide bonds. The van der Waals surface area contributed by atoms with Crippen LogP contribution in [0.1, 0.15) is 17.4 Å². The summed E-state index contributed by atoms with van der Waals surface area (Å²) in [5, 5.41) is 12.9. The molecule has 1 aromatic heterocycles. The van der Waals surface area contributed by atoms with Gasteiger partial charge < -0.3 is 10.8 Å². The highest BCUT2D eigenvalue weighted by Gasteiger charge is 2.13. The van der Waals surface area contributed by atoms with E-state index in [1.807, 2.05) is 0 Å². The number of aliphatic imine (C=N–C) groups is 2. The largest absolute Gasteiger partial charge is 0.465 e. The molecule has 0 unspecified atom stereocenters. The topological polar surface area (TPSA) is 164 Å². The molecular formula is C17H15N5O5S. The molecule has 0 atom stereocenters. The van der Waals surface area contributed by atoms with Gasteiger partial charge in [-0.1, -0.05) is 0 Å². The zero-order chi connectivity index (χ0) is 20.7. The molecule has 10 nitrogen and oxygen atoms in total. The SMILES string of the molecule is C/C(=N\CC(C=O)=NC(=O)c1csc(-c2ccc(NC(=O)O)cc2)n1)C(N)=O. The summed E-state index contributed by atoms with van der Waals surface area (Å²) in [6.45, 7) is 1.13. The first-order valence-electron chi connectivity index (χ1n) is 7.74. The van der Waals surface area contributed by atoms with Gasteiger partial charge in [0.15, 0.2) is 6.29 Å². The third-order valence-electron chi connectivity index (χ3n) is 3.32. The Morgan fingerprint density at radius 1 is 1.29 bits per heavy atom. The number of hydrogen-bond acceptors (Lipinski definition) is 7. The van der Waals surface area contributed by atoms with Gasteiger partial charge in [0.1, 0.15) is 16.4 Å². The Bertz CT molecular complexity index is 978. The van der Waals surface area contributed by atoms with Crippen LogP contribution in [0.3, 0.4) is 0 Å². The third-order valence-corrected chi connectivity index (χ3v) is 4.21. The van der Waals surface area contributed by atoms with E-state index in [9.17, 15) is 19.2 Å². The summed E-state index contributed by atoms with van der Waals surface area (Å²) in [5.74, 6) is -1.45. The molecule has 0 bridgehead atoms. The highest BCUT2D eigenvalue weighted by atomic mass is 32.1. The van der Waals surface area contributed by atoms with Gasteiger partial charge >= 0.3 is 6.09 Å². The Hall–Kier alpha value is -3.73. The van der Waals surface area contributed by atoms with E-state index in [0.717, 1.165) is 0 Å². The average molecular weight is 401 g/mol. The number of primary amides is 1. The van der Waals surface area contributed by atoms with Gasteiger partial charge in [0.2, 0.25) is 0 Å². The van der Waals surface area contributed by atoms with Crippen LogP contribution in [0.4, 0.5) is 10.5 Å². The molecule has 11 heteroatoms. The Morgan fingerprint density at radius 3 is 2.54 bits per heavy atom. The Balaban J connectivity index is 2.14. The van der Waals surface area contributed by atoms with Crippen molar-refractivity contribution in [1.29, 1.82) is 0 Å². The summed E-state index contributed by atoms with van der Waals surface area (Å²) < 4.78 is 0. The van der Waals surface area contributed by atoms with Crippen LogP contribution < -0.4 is 11.1 Å². The molecular weight excluding hydrogens is 386 g/mol. The minimum Gasteiger partial charge on any atom is -0.465 e. The number of hydrogen-bond donors (Lipinski definition) is 3. The van der Waals surface area contributed by atoms with Gasteiger partial charge in [0.25, 0.3) is 11.8 Å². The van der Waals surface area contributed by atoms with Crippen molar-refractivity contribution in [3.63, 3.8) is 0 Å². The summed E-state index contributed by atoms with van der Waals surface area (Å²) in [7, 11) is 0. The van der Waals surface area contributed by atoms with E-state index in [2.05, 4.69) is 20.3 Å². The average Bonchev–Trinajstić information content (AvgIpc) is 3.15. The first-order chi connectivity index (χ1) is 13.3. The monoisotopic (exact) mass is 401 g/mol. The summed E-state index contributed by atoms with van der Waals surface area (Å²) in [5.41, 5.74) is 6.02. The maximum atomic E-state index is 12.2. The first kappa shape index (κ1) is 20.6. The molecule has 0 saturated carbocycles. The van der Waals surface area contributed by atoms with Gasteiger partial charge in [-0.2, -0.15) is 0 Å². The highest BCUT2D eigenvalue weighted by Crippen LogP contribution is 2.25. The van der Waals surface area contributed by atoms with E-state index in [4.69, 9.17) is 10.8 Å². The number of carboxylic acid groups (broad SMARTS) is 1. The van der Waals surface area contributed by atoms with Crippen molar-refractivity contribution in [3.05, 3.63) is 35.3 Å². The van der Waals surface area contributed by atoms with Crippen molar-refractivity contribution in [2.75, 3.05) is 11.9 Å². The number of benzene rings is 1. The number of nitrogens with one attached hydrogen (secondary N) is 1. The fourth-order valence-electron chi connectivity index (χ4n) is 1.89. The number of amides is 3. The van der Waals surface area contributed by atoms with Crippen molar-refractivity contribution in [3.8, 4) is 10.6 Å². The van der Waals surface area contributed by atoms with E-state index >= 15 is 0 Å². The van der Waals surface area contributed by atoms with Gasteiger partial charge in [0, 0.05) is 16.6 Å². The zero-order valence-electron chi connectivity index (χ0n) is 14.6. The Labute approximate surface area is 162 Å². The van der Waals surface area contributed by atoms with Crippen LogP contribution in [0.5, 0.6) is 0 Å². The molecule has 4 N–H and O–H groups in total. The van der Waals surface area contributed by atoms with E-state index in [1.54, 1.807) is 24.3 Å². The first-order valence-corrected chi connectivity index (χ1v) is 8.62. The lowest BCUT2D eigenvalue weighted by molar-refractivity contribution is -0.112. The van der Waals surface area contributed by atoms with Crippen LogP contribution in [0, 0.1) is 0 Å². The van der Waals surface area contributed by atoms with Crippen LogP contribution in [-0.4, -0.2) is 52.3 Å². The molecule has 0 fully saturated rings. The summed E-state index contributed by atoms with van der Waals surface area (Å²) in [6.07, 6.45) is -0.800. The maximum absolute atomic E-state index is 12.2. The molecule has 0 radical (unpaired) electrons. The number of thiazole rings is 1. The smallest absolute Gasteiger partial charge is 0.409 e. The molecule has 0 spiro atoms. The van der Waals surface area contributed by atoms with Gasteiger partial charge in [-0.3, -0.25) is 24.7 Å². The second-order valence-corrected chi connectivity index (χ2v) is 6.20. The lowest BCUT2D eigenvalue weighted by Gasteiger charge is -2.01. The Kier molecular flexibility index (Phi) is 6.82. The number of rotatable bonds is 7. The van der Waals surface area contributed by atoms with Crippen molar-refractivity contribution >= 4 is 52.6 Å². The van der Waals surface area contributed by atoms with Gasteiger partial charge in [-0.05, 0) is 31.2 Å². The van der Waals surface area contributed by atoms with Gasteiger partial charge in [-0.25, -0.2) is 14.8 Å². The van der Waals surface area contributed by atoms with Crippen molar-refractivity contribution in [2.45, 2.75) is 6.92 Å². The number of nitrogens with zero attached hydrogens (tertiary/aromatic N) is 3. The quantitative estimate of drug-likeness (QED) is 0.471. The normalized spacial score (nSPS) is 11.8. The molecule has 1 heterocycles. The summed E-state index contributed by atoms with van der Waals surface area (Å²) in [4.78, 5) is 56.4. The van der Waals surface area contributed by atoms with E-state index in [-0.39, 0.29) is 23.7 Å². The fraction of sp³-hybridized carbons (Fsp3) is 0.118. The second kappa shape index (κ2) is 9.28. The van der Waals surface area contributed by atoms with E-state index < -0.39 is 17.9 Å². The minimum atomic E-state index is -1.17. The van der Waals surface area contributed by atoms with Crippen molar-refractivity contribution in [2.24, 2.45) is 15.7 Å². The lowest BCUT2D eigenvalue weighted by Crippen LogP contribution is -2.21. The van der Waals surface area contributed by atoms with Crippen LogP contribution in [0.25, 0.3) is 10.6 Å².